The Morgan fingerprint density at radius 3 is 2.70 bits per heavy atom. The van der Waals surface area contributed by atoms with Gasteiger partial charge < -0.3 is 19.4 Å². The Morgan fingerprint density at radius 2 is 1.94 bits per heavy atom. The molecule has 174 valence electrons. The molecular formula is C26H31N3O3S. The zero-order valence-electron chi connectivity index (χ0n) is 19.3. The molecule has 1 saturated heterocycles. The first-order valence-corrected chi connectivity index (χ1v) is 12.5. The molecule has 1 aliphatic carbocycles. The maximum absolute atomic E-state index is 13.0. The molecule has 3 heterocycles. The number of furan rings is 1. The molecule has 5 rings (SSSR count). The summed E-state index contributed by atoms with van der Waals surface area (Å²) in [6.07, 6.45) is 6.08. The summed E-state index contributed by atoms with van der Waals surface area (Å²) in [6, 6.07) is 11.9. The number of likely N-dealkylation sites (N-methyl/N-ethyl adjacent to an activating group) is 1. The topological polar surface area (TPSA) is 58.0 Å². The highest BCUT2D eigenvalue weighted by Crippen LogP contribution is 2.46. The lowest BCUT2D eigenvalue weighted by Crippen LogP contribution is -2.46. The summed E-state index contributed by atoms with van der Waals surface area (Å²) >= 11 is 1.74. The third-order valence-corrected chi connectivity index (χ3v) is 7.99. The first kappa shape index (κ1) is 22.2. The molecule has 1 atom stereocenters. The number of ether oxygens (including phenoxy) is 1. The van der Waals surface area contributed by atoms with E-state index in [4.69, 9.17) is 9.15 Å². The summed E-state index contributed by atoms with van der Waals surface area (Å²) in [5, 5.41) is 4.17. The van der Waals surface area contributed by atoms with Crippen molar-refractivity contribution in [2.75, 3.05) is 45.7 Å². The van der Waals surface area contributed by atoms with E-state index in [1.807, 2.05) is 6.07 Å². The zero-order chi connectivity index (χ0) is 22.8. The van der Waals surface area contributed by atoms with Crippen molar-refractivity contribution in [1.82, 2.24) is 9.80 Å². The first-order valence-electron chi connectivity index (χ1n) is 11.7. The monoisotopic (exact) mass is 465 g/mol. The van der Waals surface area contributed by atoms with Crippen LogP contribution < -0.4 is 10.1 Å². The maximum Gasteiger partial charge on any atom is 0.291 e. The summed E-state index contributed by atoms with van der Waals surface area (Å²) in [4.78, 5) is 19.3. The van der Waals surface area contributed by atoms with Crippen LogP contribution in [0, 0.1) is 0 Å². The smallest absolute Gasteiger partial charge is 0.291 e. The molecular weight excluding hydrogens is 434 g/mol. The molecule has 1 fully saturated rings. The Kier molecular flexibility index (Phi) is 6.53. The normalized spacial score (nSPS) is 18.0. The van der Waals surface area contributed by atoms with Crippen LogP contribution in [-0.2, 0) is 12.8 Å². The lowest BCUT2D eigenvalue weighted by Gasteiger charge is -2.39. The van der Waals surface area contributed by atoms with Gasteiger partial charge in [0.05, 0.1) is 19.4 Å². The molecule has 2 aromatic heterocycles. The standard InChI is InChI=1S/C26H31N3O3S/c1-28-12-14-29(15-13-28)24(18-7-5-8-19(17-18)31-2)23-20-9-3-4-11-22(20)33-26(23)27-25(30)21-10-6-16-32-21/h5-8,10,16-17,24H,3-4,9,11-15H2,1-2H3,(H,27,30)/t24-/m0/s1. The van der Waals surface area contributed by atoms with Gasteiger partial charge in [-0.25, -0.2) is 0 Å². The minimum absolute atomic E-state index is 0.0683. The van der Waals surface area contributed by atoms with Crippen LogP contribution in [-0.4, -0.2) is 56.0 Å². The molecule has 1 N–H and O–H groups in total. The second-order valence-corrected chi connectivity index (χ2v) is 10.0. The Labute approximate surface area is 199 Å². The Morgan fingerprint density at radius 1 is 1.12 bits per heavy atom. The number of carbonyl (C=O) groups excluding carboxylic acids is 1. The highest BCUT2D eigenvalue weighted by Gasteiger charge is 2.33. The molecule has 6 nitrogen and oxygen atoms in total. The lowest BCUT2D eigenvalue weighted by atomic mass is 9.88. The van der Waals surface area contributed by atoms with Gasteiger partial charge in [0.15, 0.2) is 5.76 Å². The van der Waals surface area contributed by atoms with E-state index in [0.29, 0.717) is 5.76 Å². The SMILES string of the molecule is COc1cccc([C@@H](c2c(NC(=O)c3ccco3)sc3c2CCCC3)N2CCN(C)CC2)c1. The predicted octanol–water partition coefficient (Wildman–Crippen LogP) is 4.82. The van der Waals surface area contributed by atoms with Crippen LogP contribution in [0.2, 0.25) is 0 Å². The fourth-order valence-corrected chi connectivity index (χ4v) is 6.31. The number of benzene rings is 1. The fourth-order valence-electron chi connectivity index (χ4n) is 5.00. The first-order chi connectivity index (χ1) is 16.1. The molecule has 0 unspecified atom stereocenters. The van der Waals surface area contributed by atoms with Gasteiger partial charge in [-0.1, -0.05) is 12.1 Å². The van der Waals surface area contributed by atoms with Gasteiger partial charge in [0.1, 0.15) is 10.8 Å². The van der Waals surface area contributed by atoms with Crippen LogP contribution in [0.5, 0.6) is 5.75 Å². The van der Waals surface area contributed by atoms with E-state index >= 15 is 0 Å². The number of aryl methyl sites for hydroxylation is 1. The van der Waals surface area contributed by atoms with E-state index in [9.17, 15) is 4.79 Å². The average molecular weight is 466 g/mol. The van der Waals surface area contributed by atoms with Crippen molar-refractivity contribution < 1.29 is 13.9 Å². The molecule has 2 aliphatic rings. The van der Waals surface area contributed by atoms with E-state index in [-0.39, 0.29) is 11.9 Å². The lowest BCUT2D eigenvalue weighted by molar-refractivity contribution is 0.0996. The van der Waals surface area contributed by atoms with Crippen molar-refractivity contribution in [3.63, 3.8) is 0 Å². The van der Waals surface area contributed by atoms with Crippen LogP contribution in [0.3, 0.4) is 0 Å². The number of anilines is 1. The summed E-state index contributed by atoms with van der Waals surface area (Å²) in [5.74, 6) is 1.00. The number of fused-ring (bicyclic) bond motifs is 1. The van der Waals surface area contributed by atoms with Gasteiger partial charge in [0.2, 0.25) is 0 Å². The summed E-state index contributed by atoms with van der Waals surface area (Å²) in [5.41, 5.74) is 3.89. The number of piperazine rings is 1. The van der Waals surface area contributed by atoms with Crippen molar-refractivity contribution in [2.24, 2.45) is 0 Å². The van der Waals surface area contributed by atoms with Gasteiger partial charge in [0, 0.05) is 36.6 Å². The van der Waals surface area contributed by atoms with Gasteiger partial charge >= 0.3 is 0 Å². The van der Waals surface area contributed by atoms with Crippen molar-refractivity contribution in [3.05, 3.63) is 70.0 Å². The predicted molar refractivity (Wildman–Crippen MR) is 132 cm³/mol. The molecule has 1 amide bonds. The number of amides is 1. The van der Waals surface area contributed by atoms with Crippen molar-refractivity contribution in [1.29, 1.82) is 0 Å². The maximum atomic E-state index is 13.0. The van der Waals surface area contributed by atoms with Crippen molar-refractivity contribution in [3.8, 4) is 5.75 Å². The second kappa shape index (κ2) is 9.71. The van der Waals surface area contributed by atoms with E-state index in [2.05, 4.69) is 40.4 Å². The van der Waals surface area contributed by atoms with E-state index in [0.717, 1.165) is 49.8 Å². The van der Waals surface area contributed by atoms with Gasteiger partial charge in [-0.3, -0.25) is 9.69 Å². The van der Waals surface area contributed by atoms with E-state index in [1.165, 1.54) is 34.4 Å². The van der Waals surface area contributed by atoms with Crippen molar-refractivity contribution >= 4 is 22.2 Å². The molecule has 1 aromatic carbocycles. The molecule has 1 aliphatic heterocycles. The van der Waals surface area contributed by atoms with Crippen LogP contribution in [0.25, 0.3) is 0 Å². The fraction of sp³-hybridized carbons (Fsp3) is 0.423. The third kappa shape index (κ3) is 4.58. The largest absolute Gasteiger partial charge is 0.497 e. The molecule has 33 heavy (non-hydrogen) atoms. The minimum atomic E-state index is -0.192. The molecule has 0 radical (unpaired) electrons. The highest BCUT2D eigenvalue weighted by molar-refractivity contribution is 7.16. The number of thiophene rings is 1. The van der Waals surface area contributed by atoms with Crippen molar-refractivity contribution in [2.45, 2.75) is 31.7 Å². The number of nitrogens with one attached hydrogen (secondary N) is 1. The second-order valence-electron chi connectivity index (χ2n) is 8.90. The molecule has 0 spiro atoms. The molecule has 0 bridgehead atoms. The third-order valence-electron chi connectivity index (χ3n) is 6.77. The van der Waals surface area contributed by atoms with Crippen LogP contribution in [0.1, 0.15) is 51.0 Å². The van der Waals surface area contributed by atoms with E-state index in [1.54, 1.807) is 36.8 Å². The zero-order valence-corrected chi connectivity index (χ0v) is 20.1. The van der Waals surface area contributed by atoms with Crippen LogP contribution in [0.4, 0.5) is 5.00 Å². The number of carbonyl (C=O) groups is 1. The Bertz CT molecular complexity index is 1100. The van der Waals surface area contributed by atoms with Gasteiger partial charge in [-0.15, -0.1) is 11.3 Å². The minimum Gasteiger partial charge on any atom is -0.497 e. The van der Waals surface area contributed by atoms with E-state index < -0.39 is 0 Å². The quantitative estimate of drug-likeness (QED) is 0.566. The molecule has 7 heteroatoms. The van der Waals surface area contributed by atoms with Crippen LogP contribution >= 0.6 is 11.3 Å². The van der Waals surface area contributed by atoms with Gasteiger partial charge in [0.25, 0.3) is 5.91 Å². The average Bonchev–Trinajstić information content (AvgIpc) is 3.50. The van der Waals surface area contributed by atoms with Crippen LogP contribution in [0.15, 0.2) is 47.1 Å². The summed E-state index contributed by atoms with van der Waals surface area (Å²) < 4.78 is 10.9. The number of hydrogen-bond acceptors (Lipinski definition) is 6. The molecule has 3 aromatic rings. The molecule has 0 saturated carbocycles. The Hall–Kier alpha value is -2.61. The number of nitrogens with zero attached hydrogens (tertiary/aromatic N) is 2. The van der Waals surface area contributed by atoms with Gasteiger partial charge in [-0.2, -0.15) is 0 Å². The summed E-state index contributed by atoms with van der Waals surface area (Å²) in [7, 11) is 3.89. The highest BCUT2D eigenvalue weighted by atomic mass is 32.1. The number of rotatable bonds is 6. The van der Waals surface area contributed by atoms with Gasteiger partial charge in [-0.05, 0) is 68.1 Å². The number of hydrogen-bond donors (Lipinski definition) is 1. The number of methoxy groups -OCH3 is 1. The Balaban J connectivity index is 1.61. The summed E-state index contributed by atoms with van der Waals surface area (Å²) in [6.45, 7) is 4.02.